The highest BCUT2D eigenvalue weighted by Gasteiger charge is 2.16. The Morgan fingerprint density at radius 1 is 1.07 bits per heavy atom. The van der Waals surface area contributed by atoms with E-state index in [1.54, 1.807) is 54.6 Å². The van der Waals surface area contributed by atoms with Crippen molar-refractivity contribution in [1.29, 1.82) is 0 Å². The van der Waals surface area contributed by atoms with Crippen molar-refractivity contribution in [2.45, 2.75) is 30.4 Å². The van der Waals surface area contributed by atoms with E-state index in [0.29, 0.717) is 16.3 Å². The molecule has 0 aliphatic heterocycles. The number of benzene rings is 2. The van der Waals surface area contributed by atoms with Crippen LogP contribution in [-0.4, -0.2) is 24.5 Å². The van der Waals surface area contributed by atoms with Crippen molar-refractivity contribution in [2.24, 2.45) is 0 Å². The Morgan fingerprint density at radius 3 is 2.59 bits per heavy atom. The number of aromatic nitrogens is 2. The zero-order valence-electron chi connectivity index (χ0n) is 14.8. The molecule has 6 nitrogen and oxygen atoms in total. The minimum absolute atomic E-state index is 0.169. The fraction of sp³-hybridized carbons (Fsp3) is 0.211. The van der Waals surface area contributed by atoms with E-state index in [1.165, 1.54) is 11.3 Å². The lowest BCUT2D eigenvalue weighted by atomic mass is 10.1. The van der Waals surface area contributed by atoms with Crippen LogP contribution in [0.1, 0.15) is 34.3 Å². The van der Waals surface area contributed by atoms with Gasteiger partial charge < -0.3 is 0 Å². The lowest BCUT2D eigenvalue weighted by Gasteiger charge is -2.07. The molecule has 1 amide bonds. The van der Waals surface area contributed by atoms with Gasteiger partial charge in [0.05, 0.1) is 10.6 Å². The topological polar surface area (TPSA) is 89.0 Å². The van der Waals surface area contributed by atoms with Gasteiger partial charge in [-0.05, 0) is 36.2 Å². The molecule has 0 saturated heterocycles. The highest BCUT2D eigenvalue weighted by Crippen LogP contribution is 2.19. The summed E-state index contributed by atoms with van der Waals surface area (Å²) in [5.74, 6) is -0.509. The number of carbonyl (C=O) groups excluding carboxylic acids is 1. The maximum absolute atomic E-state index is 12.5. The van der Waals surface area contributed by atoms with Crippen molar-refractivity contribution in [1.82, 2.24) is 10.2 Å². The molecule has 0 aliphatic rings. The van der Waals surface area contributed by atoms with E-state index in [9.17, 15) is 13.2 Å². The largest absolute Gasteiger partial charge is 0.296 e. The molecular formula is C19H19N3O3S2. The Labute approximate surface area is 162 Å². The first-order chi connectivity index (χ1) is 13.0. The van der Waals surface area contributed by atoms with Crippen molar-refractivity contribution in [3.8, 4) is 0 Å². The van der Waals surface area contributed by atoms with E-state index in [2.05, 4.69) is 22.4 Å². The van der Waals surface area contributed by atoms with Crippen molar-refractivity contribution < 1.29 is 13.2 Å². The van der Waals surface area contributed by atoms with Gasteiger partial charge in [-0.3, -0.25) is 10.1 Å². The summed E-state index contributed by atoms with van der Waals surface area (Å²) in [6, 6.07) is 14.9. The normalized spacial score (nSPS) is 11.3. The molecule has 0 radical (unpaired) electrons. The molecule has 0 unspecified atom stereocenters. The maximum Gasteiger partial charge on any atom is 0.257 e. The Bertz CT molecular complexity index is 1030. The molecular weight excluding hydrogens is 382 g/mol. The molecule has 0 fully saturated rings. The summed E-state index contributed by atoms with van der Waals surface area (Å²) in [6.45, 7) is 2.05. The van der Waals surface area contributed by atoms with Gasteiger partial charge in [0.2, 0.25) is 5.13 Å². The predicted molar refractivity (Wildman–Crippen MR) is 106 cm³/mol. The SMILES string of the molecule is CCCc1nnc(NC(=O)c2cccc(CS(=O)(=O)c3ccccc3)c2)s1. The number of anilines is 1. The van der Waals surface area contributed by atoms with Crippen LogP contribution in [0.5, 0.6) is 0 Å². The molecule has 0 saturated carbocycles. The monoisotopic (exact) mass is 401 g/mol. The third kappa shape index (κ3) is 4.99. The summed E-state index contributed by atoms with van der Waals surface area (Å²) in [6.07, 6.45) is 1.78. The molecule has 1 aromatic heterocycles. The lowest BCUT2D eigenvalue weighted by Crippen LogP contribution is -2.12. The van der Waals surface area contributed by atoms with Gasteiger partial charge in [0.1, 0.15) is 5.01 Å². The van der Waals surface area contributed by atoms with Crippen molar-refractivity contribution in [3.05, 3.63) is 70.7 Å². The second-order valence-corrected chi connectivity index (χ2v) is 9.03. The maximum atomic E-state index is 12.5. The number of nitrogens with zero attached hydrogens (tertiary/aromatic N) is 2. The van der Waals surface area contributed by atoms with Gasteiger partial charge in [0.25, 0.3) is 5.91 Å². The number of rotatable bonds is 7. The smallest absolute Gasteiger partial charge is 0.257 e. The summed E-state index contributed by atoms with van der Waals surface area (Å²) >= 11 is 1.34. The van der Waals surface area contributed by atoms with Crippen LogP contribution in [0.25, 0.3) is 0 Å². The van der Waals surface area contributed by atoms with Crippen LogP contribution in [0.4, 0.5) is 5.13 Å². The first-order valence-corrected chi connectivity index (χ1v) is 11.0. The number of sulfone groups is 1. The molecule has 2 aromatic carbocycles. The number of amides is 1. The zero-order chi connectivity index (χ0) is 19.3. The Kier molecular flexibility index (Phi) is 5.98. The van der Waals surface area contributed by atoms with Crippen LogP contribution in [-0.2, 0) is 22.0 Å². The van der Waals surface area contributed by atoms with E-state index < -0.39 is 9.84 Å². The molecule has 1 N–H and O–H groups in total. The number of carbonyl (C=O) groups is 1. The molecule has 27 heavy (non-hydrogen) atoms. The van der Waals surface area contributed by atoms with Crippen molar-refractivity contribution >= 4 is 32.2 Å². The Hall–Kier alpha value is -2.58. The van der Waals surface area contributed by atoms with Gasteiger partial charge >= 0.3 is 0 Å². The molecule has 3 aromatic rings. The van der Waals surface area contributed by atoms with Crippen LogP contribution in [0, 0.1) is 0 Å². The van der Waals surface area contributed by atoms with Gasteiger partial charge in [-0.15, -0.1) is 10.2 Å². The van der Waals surface area contributed by atoms with E-state index in [0.717, 1.165) is 17.8 Å². The van der Waals surface area contributed by atoms with Gasteiger partial charge in [0, 0.05) is 12.0 Å². The first-order valence-electron chi connectivity index (χ1n) is 8.48. The van der Waals surface area contributed by atoms with E-state index in [4.69, 9.17) is 0 Å². The van der Waals surface area contributed by atoms with E-state index in [-0.39, 0.29) is 16.6 Å². The predicted octanol–water partition coefficient (Wildman–Crippen LogP) is 3.72. The van der Waals surface area contributed by atoms with E-state index in [1.807, 2.05) is 0 Å². The van der Waals surface area contributed by atoms with Crippen molar-refractivity contribution in [3.63, 3.8) is 0 Å². The van der Waals surface area contributed by atoms with Crippen LogP contribution in [0.3, 0.4) is 0 Å². The molecule has 0 atom stereocenters. The van der Waals surface area contributed by atoms with Crippen molar-refractivity contribution in [2.75, 3.05) is 5.32 Å². The highest BCUT2D eigenvalue weighted by atomic mass is 32.2. The van der Waals surface area contributed by atoms with Gasteiger partial charge in [-0.1, -0.05) is 48.6 Å². The average molecular weight is 402 g/mol. The summed E-state index contributed by atoms with van der Waals surface area (Å²) in [7, 11) is -3.47. The minimum Gasteiger partial charge on any atom is -0.296 e. The van der Waals surface area contributed by atoms with Crippen LogP contribution >= 0.6 is 11.3 Å². The second kappa shape index (κ2) is 8.41. The molecule has 0 aliphatic carbocycles. The third-order valence-corrected chi connectivity index (χ3v) is 6.40. The van der Waals surface area contributed by atoms with Crippen LogP contribution in [0.15, 0.2) is 59.5 Å². The molecule has 0 bridgehead atoms. The summed E-state index contributed by atoms with van der Waals surface area (Å²) in [4.78, 5) is 12.7. The van der Waals surface area contributed by atoms with Gasteiger partial charge in [-0.2, -0.15) is 0 Å². The second-order valence-electron chi connectivity index (χ2n) is 5.98. The highest BCUT2D eigenvalue weighted by molar-refractivity contribution is 7.90. The van der Waals surface area contributed by atoms with Crippen LogP contribution in [0.2, 0.25) is 0 Å². The average Bonchev–Trinajstić information content (AvgIpc) is 3.09. The number of hydrogen-bond donors (Lipinski definition) is 1. The van der Waals surface area contributed by atoms with Crippen LogP contribution < -0.4 is 5.32 Å². The van der Waals surface area contributed by atoms with Gasteiger partial charge in [0.15, 0.2) is 9.84 Å². The fourth-order valence-corrected chi connectivity index (χ4v) is 4.71. The number of hydrogen-bond acceptors (Lipinski definition) is 6. The first kappa shape index (κ1) is 19.2. The Balaban J connectivity index is 1.74. The lowest BCUT2D eigenvalue weighted by molar-refractivity contribution is 0.102. The molecule has 140 valence electrons. The quantitative estimate of drug-likeness (QED) is 0.652. The summed E-state index contributed by atoms with van der Waals surface area (Å²) < 4.78 is 25.0. The summed E-state index contributed by atoms with van der Waals surface area (Å²) in [5, 5.41) is 12.0. The molecule has 8 heteroatoms. The van der Waals surface area contributed by atoms with E-state index >= 15 is 0 Å². The summed E-state index contributed by atoms with van der Waals surface area (Å²) in [5.41, 5.74) is 0.929. The van der Waals surface area contributed by atoms with Gasteiger partial charge in [-0.25, -0.2) is 8.42 Å². The molecule has 0 spiro atoms. The minimum atomic E-state index is -3.47. The molecule has 3 rings (SSSR count). The third-order valence-electron chi connectivity index (χ3n) is 3.80. The number of nitrogens with one attached hydrogen (secondary N) is 1. The number of aryl methyl sites for hydroxylation is 1. The zero-order valence-corrected chi connectivity index (χ0v) is 16.4. The fourth-order valence-electron chi connectivity index (χ4n) is 2.52. The Morgan fingerprint density at radius 2 is 1.85 bits per heavy atom. The molecule has 1 heterocycles. The standard InChI is InChI=1S/C19H19N3O3S2/c1-2-7-17-21-22-19(26-17)20-18(23)15-9-6-8-14(12-15)13-27(24,25)16-10-4-3-5-11-16/h3-6,8-12H,2,7,13H2,1H3,(H,20,22,23).